The van der Waals surface area contributed by atoms with Crippen LogP contribution in [0, 0.1) is 0 Å². The average molecular weight is 408 g/mol. The summed E-state index contributed by atoms with van der Waals surface area (Å²) in [7, 11) is 1.47. The number of nitrogens with zero attached hydrogens (tertiary/aromatic N) is 1. The number of nitrogens with one attached hydrogen (secondary N) is 2. The first-order chi connectivity index (χ1) is 12.9. The molecule has 3 N–H and O–H groups in total. The number of amides is 1. The van der Waals surface area contributed by atoms with Gasteiger partial charge in [-0.25, -0.2) is 0 Å². The lowest BCUT2D eigenvalue weighted by Gasteiger charge is -2.31. The maximum Gasteiger partial charge on any atom is 0.256 e. The minimum atomic E-state index is -0.570. The van der Waals surface area contributed by atoms with Gasteiger partial charge in [0.15, 0.2) is 11.5 Å². The van der Waals surface area contributed by atoms with E-state index < -0.39 is 6.17 Å². The fourth-order valence-electron chi connectivity index (χ4n) is 3.70. The molecule has 8 heteroatoms. The Morgan fingerprint density at radius 1 is 1.37 bits per heavy atom. The van der Waals surface area contributed by atoms with Gasteiger partial charge in [-0.1, -0.05) is 11.6 Å². The van der Waals surface area contributed by atoms with Crippen LogP contribution in [0.2, 0.25) is 5.02 Å². The van der Waals surface area contributed by atoms with Crippen LogP contribution in [-0.4, -0.2) is 35.6 Å². The number of thiophene rings is 1. The van der Waals surface area contributed by atoms with E-state index in [2.05, 4.69) is 29.4 Å². The van der Waals surface area contributed by atoms with E-state index in [0.29, 0.717) is 16.6 Å². The lowest BCUT2D eigenvalue weighted by Crippen LogP contribution is -2.39. The average Bonchev–Trinajstić information content (AvgIpc) is 3.01. The first-order valence-electron chi connectivity index (χ1n) is 8.91. The first kappa shape index (κ1) is 18.4. The van der Waals surface area contributed by atoms with Gasteiger partial charge in [0.05, 0.1) is 12.7 Å². The van der Waals surface area contributed by atoms with E-state index >= 15 is 0 Å². The van der Waals surface area contributed by atoms with E-state index in [1.54, 1.807) is 23.5 Å². The summed E-state index contributed by atoms with van der Waals surface area (Å²) in [4.78, 5) is 16.5. The molecule has 6 nitrogen and oxygen atoms in total. The number of ether oxygens (including phenoxy) is 1. The van der Waals surface area contributed by atoms with Crippen molar-refractivity contribution < 1.29 is 14.6 Å². The largest absolute Gasteiger partial charge is 0.504 e. The Kier molecular flexibility index (Phi) is 4.70. The highest BCUT2D eigenvalue weighted by molar-refractivity contribution is 7.16. The number of aromatic hydroxyl groups is 1. The van der Waals surface area contributed by atoms with Crippen LogP contribution in [0.3, 0.4) is 0 Å². The highest BCUT2D eigenvalue weighted by Gasteiger charge is 2.34. The predicted molar refractivity (Wildman–Crippen MR) is 107 cm³/mol. The maximum atomic E-state index is 12.9. The third-order valence-corrected chi connectivity index (χ3v) is 6.56. The number of anilines is 1. The van der Waals surface area contributed by atoms with Gasteiger partial charge in [-0.2, -0.15) is 0 Å². The van der Waals surface area contributed by atoms with Gasteiger partial charge in [0.1, 0.15) is 11.2 Å². The summed E-state index contributed by atoms with van der Waals surface area (Å²) in [6.07, 6.45) is 0.300. The van der Waals surface area contributed by atoms with Crippen molar-refractivity contribution in [1.82, 2.24) is 10.2 Å². The minimum absolute atomic E-state index is 0.0320. The molecule has 2 aliphatic heterocycles. The van der Waals surface area contributed by atoms with Gasteiger partial charge in [0.25, 0.3) is 5.91 Å². The van der Waals surface area contributed by atoms with Crippen molar-refractivity contribution in [3.63, 3.8) is 0 Å². The van der Waals surface area contributed by atoms with Gasteiger partial charge in [-0.3, -0.25) is 9.69 Å². The molecule has 0 bridgehead atoms. The lowest BCUT2D eigenvalue weighted by molar-refractivity contribution is 0.0934. The lowest BCUT2D eigenvalue weighted by atomic mass is 9.99. The Balaban J connectivity index is 1.69. The van der Waals surface area contributed by atoms with Crippen LogP contribution >= 0.6 is 22.9 Å². The van der Waals surface area contributed by atoms with E-state index in [1.807, 2.05) is 0 Å². The van der Waals surface area contributed by atoms with Crippen LogP contribution in [0.25, 0.3) is 0 Å². The number of carbonyl (C=O) groups excluding carboxylic acids is 1. The van der Waals surface area contributed by atoms with Crippen molar-refractivity contribution in [3.05, 3.63) is 38.7 Å². The van der Waals surface area contributed by atoms with Crippen LogP contribution in [0.4, 0.5) is 5.00 Å². The zero-order valence-corrected chi connectivity index (χ0v) is 17.0. The normalized spacial score (nSPS) is 19.3. The van der Waals surface area contributed by atoms with Crippen LogP contribution in [-0.2, 0) is 13.0 Å². The quantitative estimate of drug-likeness (QED) is 0.722. The second-order valence-corrected chi connectivity index (χ2v) is 8.66. The molecule has 0 radical (unpaired) electrons. The van der Waals surface area contributed by atoms with Crippen LogP contribution in [0.15, 0.2) is 12.1 Å². The van der Waals surface area contributed by atoms with Gasteiger partial charge in [-0.05, 0) is 31.9 Å². The van der Waals surface area contributed by atoms with E-state index in [9.17, 15) is 9.90 Å². The number of phenols is 1. The smallest absolute Gasteiger partial charge is 0.256 e. The van der Waals surface area contributed by atoms with Crippen molar-refractivity contribution in [3.8, 4) is 11.5 Å². The summed E-state index contributed by atoms with van der Waals surface area (Å²) in [6.45, 7) is 6.20. The Bertz CT molecular complexity index is 912. The van der Waals surface area contributed by atoms with E-state index in [1.165, 1.54) is 12.0 Å². The monoisotopic (exact) mass is 407 g/mol. The standard InChI is InChI=1S/C19H22ClN3O3S/c1-9(2)23-5-4-11-14(8-23)27-19-15(11)18(25)21-17(22-19)12-6-10(20)7-13(26-3)16(12)24/h6-7,9,17,22,24H,4-5,8H2,1-3H3,(H,21,25)/t17-/m0/s1. The topological polar surface area (TPSA) is 73.8 Å². The number of benzene rings is 1. The molecule has 1 atom stereocenters. The highest BCUT2D eigenvalue weighted by atomic mass is 35.5. The molecule has 1 aromatic carbocycles. The Hall–Kier alpha value is -1.96. The Morgan fingerprint density at radius 3 is 2.85 bits per heavy atom. The number of hydrogen-bond donors (Lipinski definition) is 3. The van der Waals surface area contributed by atoms with Crippen LogP contribution in [0.1, 0.15) is 46.4 Å². The second-order valence-electron chi connectivity index (χ2n) is 7.12. The predicted octanol–water partition coefficient (Wildman–Crippen LogP) is 3.74. The van der Waals surface area contributed by atoms with Crippen molar-refractivity contribution in [2.24, 2.45) is 0 Å². The number of rotatable bonds is 3. The summed E-state index contributed by atoms with van der Waals surface area (Å²) in [5.74, 6) is 0.121. The Morgan fingerprint density at radius 2 is 2.15 bits per heavy atom. The number of hydrogen-bond acceptors (Lipinski definition) is 6. The molecule has 0 fully saturated rings. The number of halogens is 1. The molecule has 0 unspecified atom stereocenters. The zero-order valence-electron chi connectivity index (χ0n) is 15.4. The zero-order chi connectivity index (χ0) is 19.3. The van der Waals surface area contributed by atoms with E-state index in [0.717, 1.165) is 35.6 Å². The molecule has 2 aromatic rings. The van der Waals surface area contributed by atoms with Gasteiger partial charge >= 0.3 is 0 Å². The molecule has 2 aliphatic rings. The van der Waals surface area contributed by atoms with Crippen molar-refractivity contribution in [2.45, 2.75) is 39.0 Å². The van der Waals surface area contributed by atoms with Crippen molar-refractivity contribution >= 4 is 33.8 Å². The molecule has 144 valence electrons. The SMILES string of the molecule is COc1cc(Cl)cc([C@H]2NC(=O)c3c(sc4c3CCN(C(C)C)C4)N2)c1O. The fraction of sp³-hybridized carbons (Fsp3) is 0.421. The molecule has 0 saturated carbocycles. The highest BCUT2D eigenvalue weighted by Crippen LogP contribution is 2.43. The van der Waals surface area contributed by atoms with Crippen LogP contribution < -0.4 is 15.4 Å². The Labute approximate surface area is 167 Å². The summed E-state index contributed by atoms with van der Waals surface area (Å²) in [5, 5.41) is 18.1. The third kappa shape index (κ3) is 3.13. The molecule has 0 aliphatic carbocycles. The van der Waals surface area contributed by atoms with E-state index in [-0.39, 0.29) is 17.4 Å². The number of fused-ring (bicyclic) bond motifs is 3. The summed E-state index contributed by atoms with van der Waals surface area (Å²) < 4.78 is 5.18. The molecule has 1 aromatic heterocycles. The minimum Gasteiger partial charge on any atom is -0.504 e. The second kappa shape index (κ2) is 6.89. The van der Waals surface area contributed by atoms with Crippen molar-refractivity contribution in [1.29, 1.82) is 0 Å². The third-order valence-electron chi connectivity index (χ3n) is 5.19. The van der Waals surface area contributed by atoms with Gasteiger partial charge in [-0.15, -0.1) is 11.3 Å². The summed E-state index contributed by atoms with van der Waals surface area (Å²) >= 11 is 7.77. The first-order valence-corrected chi connectivity index (χ1v) is 10.1. The van der Waals surface area contributed by atoms with Gasteiger partial charge in [0, 0.05) is 40.7 Å². The van der Waals surface area contributed by atoms with Crippen molar-refractivity contribution in [2.75, 3.05) is 19.0 Å². The van der Waals surface area contributed by atoms with E-state index in [4.69, 9.17) is 16.3 Å². The van der Waals surface area contributed by atoms with Gasteiger partial charge in [0.2, 0.25) is 0 Å². The summed E-state index contributed by atoms with van der Waals surface area (Å²) in [5.41, 5.74) is 2.36. The molecular weight excluding hydrogens is 386 g/mol. The molecule has 0 spiro atoms. The number of phenolic OH excluding ortho intramolecular Hbond substituents is 1. The number of carbonyl (C=O) groups is 1. The molecule has 3 heterocycles. The molecule has 4 rings (SSSR count). The number of methoxy groups -OCH3 is 1. The molecular formula is C19H22ClN3O3S. The fourth-order valence-corrected chi connectivity index (χ4v) is 5.22. The maximum absolute atomic E-state index is 12.9. The molecule has 0 saturated heterocycles. The molecule has 27 heavy (non-hydrogen) atoms. The molecule has 1 amide bonds. The summed E-state index contributed by atoms with van der Waals surface area (Å²) in [6, 6.07) is 3.65. The van der Waals surface area contributed by atoms with Gasteiger partial charge < -0.3 is 20.5 Å². The van der Waals surface area contributed by atoms with Crippen LogP contribution in [0.5, 0.6) is 11.5 Å².